The summed E-state index contributed by atoms with van der Waals surface area (Å²) in [5.74, 6) is 0.526. The highest BCUT2D eigenvalue weighted by Gasteiger charge is 2.30. The fourth-order valence-corrected chi connectivity index (χ4v) is 2.28. The van der Waals surface area contributed by atoms with Crippen molar-refractivity contribution in [3.63, 3.8) is 0 Å². The summed E-state index contributed by atoms with van der Waals surface area (Å²) in [7, 11) is 0. The van der Waals surface area contributed by atoms with Crippen LogP contribution in [0.4, 0.5) is 0 Å². The van der Waals surface area contributed by atoms with Gasteiger partial charge in [-0.3, -0.25) is 0 Å². The third-order valence-corrected chi connectivity index (χ3v) is 3.57. The topological polar surface area (TPSA) is 40.5 Å². The Kier molecular flexibility index (Phi) is 5.66. The Morgan fingerprint density at radius 1 is 1.12 bits per heavy atom. The van der Waals surface area contributed by atoms with E-state index in [9.17, 15) is 10.2 Å². The number of rotatable bonds is 7. The highest BCUT2D eigenvalue weighted by Crippen LogP contribution is 2.31. The Balaban J connectivity index is 2.77. The van der Waals surface area contributed by atoms with Gasteiger partial charge in [0.05, 0.1) is 13.2 Å². The average molecular weight is 236 g/mol. The standard InChI is InChI=1S/C15H24O2/c1-3-13(2)9-15(11-16,12-17)10-14-7-5-4-6-8-14/h4-8,13,16-17H,3,9-12H2,1-2H3. The maximum Gasteiger partial charge on any atom is 0.0512 e. The van der Waals surface area contributed by atoms with Crippen molar-refractivity contribution in [3.05, 3.63) is 35.9 Å². The quantitative estimate of drug-likeness (QED) is 0.764. The van der Waals surface area contributed by atoms with Crippen LogP contribution in [0.15, 0.2) is 30.3 Å². The molecule has 0 fully saturated rings. The van der Waals surface area contributed by atoms with Crippen molar-refractivity contribution in [2.75, 3.05) is 13.2 Å². The lowest BCUT2D eigenvalue weighted by atomic mass is 9.75. The smallest absolute Gasteiger partial charge is 0.0512 e. The molecule has 2 nitrogen and oxygen atoms in total. The van der Waals surface area contributed by atoms with E-state index in [1.165, 1.54) is 5.56 Å². The summed E-state index contributed by atoms with van der Waals surface area (Å²) in [4.78, 5) is 0. The summed E-state index contributed by atoms with van der Waals surface area (Å²) in [5.41, 5.74) is 0.801. The lowest BCUT2D eigenvalue weighted by Crippen LogP contribution is -2.34. The number of aliphatic hydroxyl groups excluding tert-OH is 2. The SMILES string of the molecule is CCC(C)CC(CO)(CO)Cc1ccccc1. The van der Waals surface area contributed by atoms with E-state index < -0.39 is 0 Å². The van der Waals surface area contributed by atoms with Crippen molar-refractivity contribution in [1.29, 1.82) is 0 Å². The van der Waals surface area contributed by atoms with E-state index in [4.69, 9.17) is 0 Å². The van der Waals surface area contributed by atoms with Gasteiger partial charge in [0, 0.05) is 5.41 Å². The second-order valence-corrected chi connectivity index (χ2v) is 5.20. The molecule has 0 radical (unpaired) electrons. The highest BCUT2D eigenvalue weighted by atomic mass is 16.3. The molecule has 2 N–H and O–H groups in total. The van der Waals surface area contributed by atoms with Gasteiger partial charge in [0.15, 0.2) is 0 Å². The lowest BCUT2D eigenvalue weighted by molar-refractivity contribution is 0.0346. The minimum absolute atomic E-state index is 0.0444. The minimum atomic E-state index is -0.378. The van der Waals surface area contributed by atoms with Gasteiger partial charge >= 0.3 is 0 Å². The number of hydrogen-bond acceptors (Lipinski definition) is 2. The van der Waals surface area contributed by atoms with Gasteiger partial charge in [0.1, 0.15) is 0 Å². The fourth-order valence-electron chi connectivity index (χ4n) is 2.28. The Morgan fingerprint density at radius 2 is 1.71 bits per heavy atom. The Morgan fingerprint density at radius 3 is 2.18 bits per heavy atom. The molecule has 0 aliphatic rings. The largest absolute Gasteiger partial charge is 0.396 e. The Hall–Kier alpha value is -0.860. The third-order valence-electron chi connectivity index (χ3n) is 3.57. The van der Waals surface area contributed by atoms with Gasteiger partial charge in [-0.05, 0) is 24.3 Å². The first-order valence-electron chi connectivity index (χ1n) is 6.41. The molecule has 2 heteroatoms. The lowest BCUT2D eigenvalue weighted by Gasteiger charge is -2.32. The van der Waals surface area contributed by atoms with Crippen LogP contribution in [-0.2, 0) is 6.42 Å². The van der Waals surface area contributed by atoms with Crippen LogP contribution in [0.1, 0.15) is 32.3 Å². The van der Waals surface area contributed by atoms with Crippen molar-refractivity contribution < 1.29 is 10.2 Å². The molecular weight excluding hydrogens is 212 g/mol. The van der Waals surface area contributed by atoms with E-state index in [-0.39, 0.29) is 18.6 Å². The molecule has 1 rings (SSSR count). The average Bonchev–Trinajstić information content (AvgIpc) is 2.39. The van der Waals surface area contributed by atoms with Gasteiger partial charge in [-0.15, -0.1) is 0 Å². The van der Waals surface area contributed by atoms with Crippen molar-refractivity contribution in [3.8, 4) is 0 Å². The van der Waals surface area contributed by atoms with E-state index in [1.807, 2.05) is 18.2 Å². The molecule has 1 aromatic carbocycles. The molecular formula is C15H24O2. The normalized spacial score (nSPS) is 13.6. The number of aliphatic hydroxyl groups is 2. The predicted octanol–water partition coefficient (Wildman–Crippen LogP) is 2.64. The van der Waals surface area contributed by atoms with Gasteiger partial charge in [-0.25, -0.2) is 0 Å². The van der Waals surface area contributed by atoms with Crippen LogP contribution in [0.2, 0.25) is 0 Å². The summed E-state index contributed by atoms with van der Waals surface area (Å²) >= 11 is 0. The first kappa shape index (κ1) is 14.2. The zero-order valence-electron chi connectivity index (χ0n) is 10.9. The number of benzene rings is 1. The van der Waals surface area contributed by atoms with Crippen LogP contribution in [0, 0.1) is 11.3 Å². The van der Waals surface area contributed by atoms with Gasteiger partial charge in [0.2, 0.25) is 0 Å². The van der Waals surface area contributed by atoms with Crippen LogP contribution in [0.5, 0.6) is 0 Å². The van der Waals surface area contributed by atoms with E-state index in [1.54, 1.807) is 0 Å². The first-order chi connectivity index (χ1) is 8.15. The Labute approximate surface area is 104 Å². The van der Waals surface area contributed by atoms with Gasteiger partial charge in [-0.2, -0.15) is 0 Å². The summed E-state index contributed by atoms with van der Waals surface area (Å²) in [6.07, 6.45) is 2.69. The summed E-state index contributed by atoms with van der Waals surface area (Å²) in [6.45, 7) is 4.41. The molecule has 1 aromatic rings. The monoisotopic (exact) mass is 236 g/mol. The molecule has 96 valence electrons. The molecule has 0 heterocycles. The predicted molar refractivity (Wildman–Crippen MR) is 70.8 cm³/mol. The van der Waals surface area contributed by atoms with Gasteiger partial charge in [-0.1, -0.05) is 50.6 Å². The molecule has 0 saturated carbocycles. The number of hydrogen-bond donors (Lipinski definition) is 2. The van der Waals surface area contributed by atoms with E-state index in [2.05, 4.69) is 26.0 Å². The van der Waals surface area contributed by atoms with E-state index >= 15 is 0 Å². The Bertz CT molecular complexity index is 304. The van der Waals surface area contributed by atoms with Crippen LogP contribution < -0.4 is 0 Å². The van der Waals surface area contributed by atoms with Gasteiger partial charge in [0.25, 0.3) is 0 Å². The van der Waals surface area contributed by atoms with Crippen molar-refractivity contribution >= 4 is 0 Å². The van der Waals surface area contributed by atoms with Crippen molar-refractivity contribution in [1.82, 2.24) is 0 Å². The zero-order valence-corrected chi connectivity index (χ0v) is 10.9. The molecule has 1 atom stereocenters. The highest BCUT2D eigenvalue weighted by molar-refractivity contribution is 5.16. The molecule has 0 bridgehead atoms. The maximum absolute atomic E-state index is 9.62. The molecule has 0 aromatic heterocycles. The molecule has 0 spiro atoms. The van der Waals surface area contributed by atoms with Crippen LogP contribution in [0.3, 0.4) is 0 Å². The molecule has 0 aliphatic carbocycles. The zero-order chi connectivity index (χ0) is 12.7. The third kappa shape index (κ3) is 4.14. The molecule has 17 heavy (non-hydrogen) atoms. The summed E-state index contributed by atoms with van der Waals surface area (Å²) < 4.78 is 0. The van der Waals surface area contributed by atoms with Crippen LogP contribution in [-0.4, -0.2) is 23.4 Å². The van der Waals surface area contributed by atoms with Crippen LogP contribution in [0.25, 0.3) is 0 Å². The van der Waals surface area contributed by atoms with Gasteiger partial charge < -0.3 is 10.2 Å². The second-order valence-electron chi connectivity index (χ2n) is 5.20. The molecule has 1 unspecified atom stereocenters. The maximum atomic E-state index is 9.62. The fraction of sp³-hybridized carbons (Fsp3) is 0.600. The first-order valence-corrected chi connectivity index (χ1v) is 6.41. The molecule has 0 amide bonds. The summed E-state index contributed by atoms with van der Waals surface area (Å²) in [6, 6.07) is 10.1. The summed E-state index contributed by atoms with van der Waals surface area (Å²) in [5, 5.41) is 19.2. The van der Waals surface area contributed by atoms with Crippen molar-refractivity contribution in [2.24, 2.45) is 11.3 Å². The second kappa shape index (κ2) is 6.77. The molecule has 0 aliphatic heterocycles. The van der Waals surface area contributed by atoms with E-state index in [0.29, 0.717) is 5.92 Å². The van der Waals surface area contributed by atoms with E-state index in [0.717, 1.165) is 19.3 Å². The van der Waals surface area contributed by atoms with Crippen LogP contribution >= 0.6 is 0 Å². The molecule has 0 saturated heterocycles. The minimum Gasteiger partial charge on any atom is -0.396 e. The van der Waals surface area contributed by atoms with Crippen molar-refractivity contribution in [2.45, 2.75) is 33.1 Å².